The van der Waals surface area contributed by atoms with E-state index in [1.807, 2.05) is 12.1 Å². The summed E-state index contributed by atoms with van der Waals surface area (Å²) in [5.74, 6) is -1.45. The first-order chi connectivity index (χ1) is 9.06. The predicted octanol–water partition coefficient (Wildman–Crippen LogP) is 2.26. The maximum atomic E-state index is 11.4. The van der Waals surface area contributed by atoms with E-state index in [4.69, 9.17) is 11.5 Å². The number of benzene rings is 2. The molecule has 0 amide bonds. The molecule has 4 nitrogen and oxygen atoms in total. The Kier molecular flexibility index (Phi) is 3.71. The van der Waals surface area contributed by atoms with Gasteiger partial charge in [0.05, 0.1) is 5.92 Å². The van der Waals surface area contributed by atoms with Crippen LogP contribution in [0.3, 0.4) is 0 Å². The first kappa shape index (κ1) is 13.0. The molecule has 2 aromatic rings. The van der Waals surface area contributed by atoms with Gasteiger partial charge in [0.2, 0.25) is 0 Å². The third-order valence-corrected chi connectivity index (χ3v) is 3.03. The highest BCUT2D eigenvalue weighted by molar-refractivity contribution is 5.76. The molecule has 0 heterocycles. The summed E-state index contributed by atoms with van der Waals surface area (Å²) < 4.78 is 0. The van der Waals surface area contributed by atoms with Gasteiger partial charge in [-0.25, -0.2) is 0 Å². The molecule has 5 N–H and O–H groups in total. The molecule has 98 valence electrons. The lowest BCUT2D eigenvalue weighted by atomic mass is 9.92. The summed E-state index contributed by atoms with van der Waals surface area (Å²) >= 11 is 0. The molecule has 4 heteroatoms. The van der Waals surface area contributed by atoms with Crippen molar-refractivity contribution in [2.24, 2.45) is 0 Å². The first-order valence-corrected chi connectivity index (χ1v) is 5.99. The topological polar surface area (TPSA) is 89.3 Å². The summed E-state index contributed by atoms with van der Waals surface area (Å²) in [7, 11) is 0. The quantitative estimate of drug-likeness (QED) is 0.732. The largest absolute Gasteiger partial charge is 0.481 e. The number of aliphatic carboxylic acids is 1. The van der Waals surface area contributed by atoms with Crippen molar-refractivity contribution in [1.29, 1.82) is 0 Å². The molecule has 0 aliphatic rings. The molecule has 19 heavy (non-hydrogen) atoms. The molecule has 2 rings (SSSR count). The number of carboxylic acid groups (broad SMARTS) is 1. The summed E-state index contributed by atoms with van der Waals surface area (Å²) in [5, 5.41) is 9.36. The van der Waals surface area contributed by atoms with Crippen LogP contribution >= 0.6 is 0 Å². The smallest absolute Gasteiger partial charge is 0.311 e. The molecule has 2 aromatic carbocycles. The van der Waals surface area contributed by atoms with Gasteiger partial charge in [-0.1, -0.05) is 24.3 Å². The molecule has 0 aliphatic heterocycles. The van der Waals surface area contributed by atoms with E-state index in [2.05, 4.69) is 0 Å². The highest BCUT2D eigenvalue weighted by Crippen LogP contribution is 2.23. The average molecular weight is 256 g/mol. The fourth-order valence-corrected chi connectivity index (χ4v) is 2.03. The fraction of sp³-hybridized carbons (Fsp3) is 0.133. The monoisotopic (exact) mass is 256 g/mol. The Balaban J connectivity index is 2.26. The van der Waals surface area contributed by atoms with Crippen LogP contribution in [-0.2, 0) is 11.2 Å². The van der Waals surface area contributed by atoms with E-state index < -0.39 is 11.9 Å². The zero-order valence-corrected chi connectivity index (χ0v) is 10.4. The Hall–Kier alpha value is -2.49. The minimum atomic E-state index is -0.854. The van der Waals surface area contributed by atoms with Gasteiger partial charge >= 0.3 is 5.97 Å². The van der Waals surface area contributed by atoms with E-state index in [0.29, 0.717) is 17.8 Å². The number of hydrogen-bond acceptors (Lipinski definition) is 3. The Morgan fingerprint density at radius 2 is 1.74 bits per heavy atom. The summed E-state index contributed by atoms with van der Waals surface area (Å²) in [6, 6.07) is 14.2. The van der Waals surface area contributed by atoms with Crippen LogP contribution in [0.2, 0.25) is 0 Å². The van der Waals surface area contributed by atoms with E-state index in [9.17, 15) is 9.90 Å². The van der Waals surface area contributed by atoms with Gasteiger partial charge in [0, 0.05) is 11.4 Å². The van der Waals surface area contributed by atoms with Crippen LogP contribution in [0.25, 0.3) is 0 Å². The molecule has 0 aromatic heterocycles. The van der Waals surface area contributed by atoms with E-state index in [0.717, 1.165) is 11.1 Å². The lowest BCUT2D eigenvalue weighted by molar-refractivity contribution is -0.138. The van der Waals surface area contributed by atoms with Gasteiger partial charge in [0.1, 0.15) is 0 Å². The Bertz CT molecular complexity index is 579. The van der Waals surface area contributed by atoms with Crippen molar-refractivity contribution < 1.29 is 9.90 Å². The summed E-state index contributed by atoms with van der Waals surface area (Å²) in [4.78, 5) is 11.4. The molecule has 0 bridgehead atoms. The number of anilines is 2. The zero-order valence-electron chi connectivity index (χ0n) is 10.4. The molecule has 1 atom stereocenters. The number of nitrogens with two attached hydrogens (primary N) is 2. The Morgan fingerprint density at radius 1 is 1.05 bits per heavy atom. The number of carbonyl (C=O) groups is 1. The maximum absolute atomic E-state index is 11.4. The van der Waals surface area contributed by atoms with Crippen LogP contribution in [-0.4, -0.2) is 11.1 Å². The van der Waals surface area contributed by atoms with E-state index in [1.54, 1.807) is 36.4 Å². The van der Waals surface area contributed by atoms with Crippen molar-refractivity contribution in [3.05, 3.63) is 59.7 Å². The van der Waals surface area contributed by atoms with Crippen molar-refractivity contribution in [2.45, 2.75) is 12.3 Å². The van der Waals surface area contributed by atoms with Crippen molar-refractivity contribution in [1.82, 2.24) is 0 Å². The number of nitrogen functional groups attached to an aromatic ring is 2. The van der Waals surface area contributed by atoms with E-state index >= 15 is 0 Å². The van der Waals surface area contributed by atoms with Gasteiger partial charge in [-0.2, -0.15) is 0 Å². The SMILES string of the molecule is Nc1ccc([C@@H](Cc2cccc(N)c2)C(=O)O)cc1. The molecule has 0 aliphatic carbocycles. The zero-order chi connectivity index (χ0) is 13.8. The highest BCUT2D eigenvalue weighted by Gasteiger charge is 2.20. The van der Waals surface area contributed by atoms with Gasteiger partial charge in [0.25, 0.3) is 0 Å². The van der Waals surface area contributed by atoms with Crippen molar-refractivity contribution >= 4 is 17.3 Å². The van der Waals surface area contributed by atoms with Crippen molar-refractivity contribution in [3.8, 4) is 0 Å². The summed E-state index contributed by atoms with van der Waals surface area (Å²) in [6.45, 7) is 0. The van der Waals surface area contributed by atoms with Crippen molar-refractivity contribution in [3.63, 3.8) is 0 Å². The van der Waals surface area contributed by atoms with Gasteiger partial charge in [-0.05, 0) is 41.8 Å². The molecular weight excluding hydrogens is 240 g/mol. The second kappa shape index (κ2) is 5.44. The van der Waals surface area contributed by atoms with Crippen LogP contribution in [0, 0.1) is 0 Å². The van der Waals surface area contributed by atoms with Crippen LogP contribution in [0.5, 0.6) is 0 Å². The second-order valence-corrected chi connectivity index (χ2v) is 4.51. The van der Waals surface area contributed by atoms with Crippen molar-refractivity contribution in [2.75, 3.05) is 11.5 Å². The molecule has 0 spiro atoms. The molecule has 0 unspecified atom stereocenters. The lowest BCUT2D eigenvalue weighted by Gasteiger charge is -2.13. The van der Waals surface area contributed by atoms with Gasteiger partial charge < -0.3 is 16.6 Å². The molecule has 0 saturated heterocycles. The van der Waals surface area contributed by atoms with E-state index in [-0.39, 0.29) is 0 Å². The first-order valence-electron chi connectivity index (χ1n) is 5.99. The van der Waals surface area contributed by atoms with E-state index in [1.165, 1.54) is 0 Å². The minimum Gasteiger partial charge on any atom is -0.481 e. The maximum Gasteiger partial charge on any atom is 0.311 e. The van der Waals surface area contributed by atoms with Crippen LogP contribution in [0.4, 0.5) is 11.4 Å². The summed E-state index contributed by atoms with van der Waals surface area (Å²) in [5.41, 5.74) is 14.2. The third kappa shape index (κ3) is 3.25. The minimum absolute atomic E-state index is 0.407. The Morgan fingerprint density at radius 3 is 2.32 bits per heavy atom. The summed E-state index contributed by atoms with van der Waals surface area (Å²) in [6.07, 6.45) is 0.407. The lowest BCUT2D eigenvalue weighted by Crippen LogP contribution is -2.14. The Labute approximate surface area is 111 Å². The van der Waals surface area contributed by atoms with Gasteiger partial charge in [-0.15, -0.1) is 0 Å². The highest BCUT2D eigenvalue weighted by atomic mass is 16.4. The normalized spacial score (nSPS) is 12.0. The third-order valence-electron chi connectivity index (χ3n) is 3.03. The van der Waals surface area contributed by atoms with Gasteiger partial charge in [-0.3, -0.25) is 4.79 Å². The average Bonchev–Trinajstić information content (AvgIpc) is 2.37. The van der Waals surface area contributed by atoms with Crippen LogP contribution < -0.4 is 11.5 Å². The fourth-order valence-electron chi connectivity index (χ4n) is 2.03. The number of rotatable bonds is 4. The molecule has 0 fully saturated rings. The van der Waals surface area contributed by atoms with Gasteiger partial charge in [0.15, 0.2) is 0 Å². The van der Waals surface area contributed by atoms with Crippen LogP contribution in [0.15, 0.2) is 48.5 Å². The molecule has 0 saturated carbocycles. The molecule has 0 radical (unpaired) electrons. The van der Waals surface area contributed by atoms with Crippen LogP contribution in [0.1, 0.15) is 17.0 Å². The standard InChI is InChI=1S/C15H16N2O2/c16-12-6-4-11(5-7-12)14(15(18)19)9-10-2-1-3-13(17)8-10/h1-8,14H,9,16-17H2,(H,18,19)/t14-/m1/s1. The number of carboxylic acids is 1. The predicted molar refractivity (Wildman–Crippen MR) is 75.8 cm³/mol. The molecular formula is C15H16N2O2. The second-order valence-electron chi connectivity index (χ2n) is 4.51. The number of hydrogen-bond donors (Lipinski definition) is 3.